The third kappa shape index (κ3) is 2.09. The molecule has 0 saturated heterocycles. The maximum atomic E-state index is 8.65. The van der Waals surface area contributed by atoms with Crippen LogP contribution in [0.25, 0.3) is 0 Å². The van der Waals surface area contributed by atoms with E-state index in [4.69, 9.17) is 11.0 Å². The highest BCUT2D eigenvalue weighted by Crippen LogP contribution is 2.16. The van der Waals surface area contributed by atoms with Gasteiger partial charge in [0.2, 0.25) is 0 Å². The van der Waals surface area contributed by atoms with Gasteiger partial charge in [-0.1, -0.05) is 0 Å². The van der Waals surface area contributed by atoms with Gasteiger partial charge in [-0.15, -0.1) is 0 Å². The summed E-state index contributed by atoms with van der Waals surface area (Å²) in [6, 6.07) is 5.42. The fourth-order valence-corrected chi connectivity index (χ4v) is 1.25. The van der Waals surface area contributed by atoms with Crippen molar-refractivity contribution in [3.05, 3.63) is 35.8 Å². The molecule has 0 aromatic carbocycles. The Balaban J connectivity index is 2.08. The van der Waals surface area contributed by atoms with Crippen LogP contribution in [-0.4, -0.2) is 15.2 Å². The quantitative estimate of drug-likeness (QED) is 0.703. The van der Waals surface area contributed by atoms with Crippen molar-refractivity contribution in [1.82, 2.24) is 15.2 Å². The van der Waals surface area contributed by atoms with Gasteiger partial charge in [-0.25, -0.2) is 4.98 Å². The second-order valence-corrected chi connectivity index (χ2v) is 3.21. The fourth-order valence-electron chi connectivity index (χ4n) is 1.25. The predicted molar refractivity (Wildman–Crippen MR) is 59.3 cm³/mol. The molecule has 0 saturated carbocycles. The van der Waals surface area contributed by atoms with E-state index in [0.717, 1.165) is 5.69 Å². The maximum Gasteiger partial charge on any atom is 0.149 e. The van der Waals surface area contributed by atoms with Crippen LogP contribution in [-0.2, 0) is 6.54 Å². The number of rotatable bonds is 3. The molecule has 80 valence electrons. The zero-order valence-electron chi connectivity index (χ0n) is 8.44. The molecule has 0 atom stereocenters. The minimum Gasteiger partial charge on any atom is -0.396 e. The number of H-pyrrole nitrogens is 1. The first-order chi connectivity index (χ1) is 7.79. The van der Waals surface area contributed by atoms with Crippen molar-refractivity contribution in [3.63, 3.8) is 0 Å². The molecule has 2 rings (SSSR count). The number of nitrogens with one attached hydrogen (secondary N) is 2. The molecule has 0 aliphatic rings. The van der Waals surface area contributed by atoms with Crippen LogP contribution in [0.3, 0.4) is 0 Å². The first-order valence-electron chi connectivity index (χ1n) is 4.67. The number of anilines is 2. The molecule has 0 fully saturated rings. The second kappa shape index (κ2) is 4.31. The number of hydrogen-bond donors (Lipinski definition) is 3. The van der Waals surface area contributed by atoms with Crippen molar-refractivity contribution < 1.29 is 0 Å². The summed E-state index contributed by atoms with van der Waals surface area (Å²) in [6.45, 7) is 0.559. The summed E-state index contributed by atoms with van der Waals surface area (Å²) in [4.78, 5) is 4.06. The summed E-state index contributed by atoms with van der Waals surface area (Å²) < 4.78 is 0. The van der Waals surface area contributed by atoms with Crippen molar-refractivity contribution in [2.45, 2.75) is 6.54 Å². The lowest BCUT2D eigenvalue weighted by Gasteiger charge is -2.06. The van der Waals surface area contributed by atoms with Crippen LogP contribution in [0, 0.1) is 11.3 Å². The molecule has 6 heteroatoms. The van der Waals surface area contributed by atoms with E-state index < -0.39 is 0 Å². The topological polar surface area (TPSA) is 103 Å². The smallest absolute Gasteiger partial charge is 0.149 e. The summed E-state index contributed by atoms with van der Waals surface area (Å²) in [6.07, 6.45) is 3.15. The lowest BCUT2D eigenvalue weighted by Crippen LogP contribution is -2.05. The van der Waals surface area contributed by atoms with Gasteiger partial charge in [0.15, 0.2) is 0 Å². The van der Waals surface area contributed by atoms with E-state index in [0.29, 0.717) is 23.6 Å². The van der Waals surface area contributed by atoms with Gasteiger partial charge in [0, 0.05) is 12.4 Å². The summed E-state index contributed by atoms with van der Waals surface area (Å²) >= 11 is 0. The zero-order chi connectivity index (χ0) is 11.4. The summed E-state index contributed by atoms with van der Waals surface area (Å²) in [5.74, 6) is 0.564. The van der Waals surface area contributed by atoms with Crippen LogP contribution < -0.4 is 11.1 Å². The predicted octanol–water partition coefficient (Wildman–Crippen LogP) is 0.871. The highest BCUT2D eigenvalue weighted by atomic mass is 15.1. The van der Waals surface area contributed by atoms with Crippen LogP contribution in [0.1, 0.15) is 11.3 Å². The highest BCUT2D eigenvalue weighted by Gasteiger charge is 2.02. The minimum atomic E-state index is 0.449. The molecule has 0 radical (unpaired) electrons. The van der Waals surface area contributed by atoms with Gasteiger partial charge in [-0.3, -0.25) is 5.10 Å². The molecule has 0 aliphatic heterocycles. The Bertz CT molecular complexity index is 511. The number of pyridine rings is 1. The summed E-state index contributed by atoms with van der Waals surface area (Å²) in [5, 5.41) is 18.3. The number of nitrogens with two attached hydrogens (primary N) is 1. The average Bonchev–Trinajstić information content (AvgIpc) is 2.80. The number of nitrogens with zero attached hydrogens (tertiary/aromatic N) is 3. The Labute approximate surface area is 92.1 Å². The third-order valence-electron chi connectivity index (χ3n) is 2.05. The zero-order valence-corrected chi connectivity index (χ0v) is 8.44. The number of nitrogen functional groups attached to an aromatic ring is 1. The van der Waals surface area contributed by atoms with E-state index >= 15 is 0 Å². The van der Waals surface area contributed by atoms with E-state index in [9.17, 15) is 0 Å². The highest BCUT2D eigenvalue weighted by molar-refractivity contribution is 5.62. The Morgan fingerprint density at radius 2 is 2.44 bits per heavy atom. The number of nitriles is 1. The van der Waals surface area contributed by atoms with E-state index in [-0.39, 0.29) is 0 Å². The first-order valence-corrected chi connectivity index (χ1v) is 4.67. The van der Waals surface area contributed by atoms with E-state index in [1.54, 1.807) is 12.3 Å². The van der Waals surface area contributed by atoms with E-state index in [2.05, 4.69) is 20.5 Å². The lowest BCUT2D eigenvalue weighted by atomic mass is 10.3. The minimum absolute atomic E-state index is 0.449. The van der Waals surface area contributed by atoms with Gasteiger partial charge in [0.1, 0.15) is 11.9 Å². The van der Waals surface area contributed by atoms with E-state index in [1.807, 2.05) is 12.1 Å². The van der Waals surface area contributed by atoms with Gasteiger partial charge in [0.25, 0.3) is 0 Å². The van der Waals surface area contributed by atoms with Crippen LogP contribution >= 0.6 is 0 Å². The van der Waals surface area contributed by atoms with Crippen molar-refractivity contribution in [1.29, 1.82) is 5.26 Å². The fraction of sp³-hybridized carbons (Fsp3) is 0.100. The van der Waals surface area contributed by atoms with Crippen LogP contribution in [0.4, 0.5) is 11.5 Å². The third-order valence-corrected chi connectivity index (χ3v) is 2.05. The van der Waals surface area contributed by atoms with Crippen LogP contribution in [0.5, 0.6) is 0 Å². The van der Waals surface area contributed by atoms with Crippen LogP contribution in [0.2, 0.25) is 0 Å². The molecular formula is C10H10N6. The van der Waals surface area contributed by atoms with Crippen molar-refractivity contribution in [2.24, 2.45) is 0 Å². The number of aromatic nitrogens is 3. The molecule has 0 aliphatic carbocycles. The summed E-state index contributed by atoms with van der Waals surface area (Å²) in [7, 11) is 0. The summed E-state index contributed by atoms with van der Waals surface area (Å²) in [5.41, 5.74) is 7.58. The Morgan fingerprint density at radius 3 is 3.06 bits per heavy atom. The molecule has 6 nitrogen and oxygen atoms in total. The Kier molecular flexibility index (Phi) is 2.69. The monoisotopic (exact) mass is 214 g/mol. The number of aromatic amines is 1. The molecule has 0 amide bonds. The molecule has 0 spiro atoms. The van der Waals surface area contributed by atoms with Gasteiger partial charge in [-0.2, -0.15) is 10.4 Å². The molecule has 2 aromatic rings. The SMILES string of the molecule is N#Cc1cnc(NCc2ccn[nH]2)c(N)c1. The molecule has 0 unspecified atom stereocenters. The van der Waals surface area contributed by atoms with Crippen molar-refractivity contribution in [2.75, 3.05) is 11.1 Å². The van der Waals surface area contributed by atoms with Crippen LogP contribution in [0.15, 0.2) is 24.5 Å². The Morgan fingerprint density at radius 1 is 1.56 bits per heavy atom. The normalized spacial score (nSPS) is 9.69. The second-order valence-electron chi connectivity index (χ2n) is 3.21. The Hall–Kier alpha value is -2.55. The molecule has 2 aromatic heterocycles. The average molecular weight is 214 g/mol. The number of hydrogen-bond acceptors (Lipinski definition) is 5. The molecule has 2 heterocycles. The molecule has 0 bridgehead atoms. The molecule has 16 heavy (non-hydrogen) atoms. The molecule has 4 N–H and O–H groups in total. The lowest BCUT2D eigenvalue weighted by molar-refractivity contribution is 0.975. The van der Waals surface area contributed by atoms with Gasteiger partial charge in [-0.05, 0) is 12.1 Å². The largest absolute Gasteiger partial charge is 0.396 e. The van der Waals surface area contributed by atoms with Gasteiger partial charge < -0.3 is 11.1 Å². The van der Waals surface area contributed by atoms with Crippen molar-refractivity contribution in [3.8, 4) is 6.07 Å². The van der Waals surface area contributed by atoms with Gasteiger partial charge >= 0.3 is 0 Å². The van der Waals surface area contributed by atoms with Gasteiger partial charge in [0.05, 0.1) is 23.5 Å². The van der Waals surface area contributed by atoms with Crippen molar-refractivity contribution >= 4 is 11.5 Å². The maximum absolute atomic E-state index is 8.65. The standard InChI is InChI=1S/C10H10N6/c11-4-7-3-9(12)10(13-5-7)14-6-8-1-2-15-16-8/h1-3,5H,6,12H2,(H,13,14)(H,15,16). The first kappa shape index (κ1) is 9.98. The van der Waals surface area contributed by atoms with E-state index in [1.165, 1.54) is 6.20 Å². The molecular weight excluding hydrogens is 204 g/mol.